The Morgan fingerprint density at radius 3 is 2.83 bits per heavy atom. The highest BCUT2D eigenvalue weighted by atomic mass is 127. The molecule has 3 rings (SSSR count). The van der Waals surface area contributed by atoms with Crippen molar-refractivity contribution in [1.29, 1.82) is 0 Å². The minimum atomic E-state index is -3.44. The highest BCUT2D eigenvalue weighted by Crippen LogP contribution is 2.21. The number of nitrogens with zero attached hydrogens (tertiary/aromatic N) is 3. The molecule has 2 fully saturated rings. The summed E-state index contributed by atoms with van der Waals surface area (Å²) in [6.07, 6.45) is 2.34. The molecule has 166 valence electrons. The lowest BCUT2D eigenvalue weighted by molar-refractivity contribution is -0.0817. The first-order chi connectivity index (χ1) is 13.5. The van der Waals surface area contributed by atoms with Crippen molar-refractivity contribution in [3.63, 3.8) is 0 Å². The molecule has 11 heteroatoms. The van der Waals surface area contributed by atoms with Gasteiger partial charge in [0.1, 0.15) is 10.3 Å². The third-order valence-electron chi connectivity index (χ3n) is 4.94. The van der Waals surface area contributed by atoms with Crippen molar-refractivity contribution in [3.05, 3.63) is 17.5 Å². The average molecular weight is 559 g/mol. The quantitative estimate of drug-likeness (QED) is 0.313. The van der Waals surface area contributed by atoms with E-state index in [2.05, 4.69) is 15.2 Å². The third-order valence-corrected chi connectivity index (χ3v) is 8.17. The minimum absolute atomic E-state index is 0. The van der Waals surface area contributed by atoms with Crippen molar-refractivity contribution in [2.24, 2.45) is 4.99 Å². The number of likely N-dealkylation sites (N-methyl/N-ethyl adjacent to an activating group) is 1. The Labute approximate surface area is 194 Å². The fourth-order valence-corrected chi connectivity index (χ4v) is 5.76. The van der Waals surface area contributed by atoms with Gasteiger partial charge in [0.05, 0.1) is 19.3 Å². The van der Waals surface area contributed by atoms with Crippen molar-refractivity contribution in [2.75, 3.05) is 53.0 Å². The second-order valence-electron chi connectivity index (χ2n) is 6.90. The van der Waals surface area contributed by atoms with Crippen LogP contribution < -0.4 is 5.32 Å². The van der Waals surface area contributed by atoms with Crippen LogP contribution >= 0.6 is 35.3 Å². The van der Waals surface area contributed by atoms with Gasteiger partial charge < -0.3 is 19.7 Å². The van der Waals surface area contributed by atoms with Crippen LogP contribution in [0, 0.1) is 0 Å². The summed E-state index contributed by atoms with van der Waals surface area (Å²) in [4.78, 5) is 6.85. The Kier molecular flexibility index (Phi) is 10.1. The summed E-state index contributed by atoms with van der Waals surface area (Å²) in [6, 6.07) is 3.37. The van der Waals surface area contributed by atoms with E-state index in [-0.39, 0.29) is 36.2 Å². The number of ether oxygens (including phenoxy) is 2. The zero-order valence-electron chi connectivity index (χ0n) is 17.0. The molecule has 8 nitrogen and oxygen atoms in total. The molecule has 2 saturated heterocycles. The SMILES string of the molecule is CCNC(=NCCN(C)S(=O)(=O)c1cccs1)N1CCOC(C2CCCO2)C1.I. The number of sulfonamides is 1. The van der Waals surface area contributed by atoms with E-state index in [1.54, 1.807) is 24.6 Å². The third kappa shape index (κ3) is 6.50. The van der Waals surface area contributed by atoms with E-state index in [9.17, 15) is 8.42 Å². The minimum Gasteiger partial charge on any atom is -0.375 e. The van der Waals surface area contributed by atoms with Crippen LogP contribution in [0.4, 0.5) is 0 Å². The number of halogens is 1. The fourth-order valence-electron chi connectivity index (χ4n) is 3.40. The zero-order valence-corrected chi connectivity index (χ0v) is 20.9. The van der Waals surface area contributed by atoms with Crippen molar-refractivity contribution < 1.29 is 17.9 Å². The molecular formula is C18H31IN4O4S2. The highest BCUT2D eigenvalue weighted by Gasteiger charge is 2.32. The normalized spacial score (nSPS) is 23.3. The first-order valence-electron chi connectivity index (χ1n) is 9.78. The number of rotatable bonds is 7. The molecule has 2 unspecified atom stereocenters. The largest absolute Gasteiger partial charge is 0.375 e. The Morgan fingerprint density at radius 1 is 1.38 bits per heavy atom. The van der Waals surface area contributed by atoms with Crippen LogP contribution in [0.5, 0.6) is 0 Å². The molecule has 0 saturated carbocycles. The van der Waals surface area contributed by atoms with Gasteiger partial charge >= 0.3 is 0 Å². The maximum Gasteiger partial charge on any atom is 0.252 e. The number of guanidine groups is 1. The summed E-state index contributed by atoms with van der Waals surface area (Å²) >= 11 is 1.23. The summed E-state index contributed by atoms with van der Waals surface area (Å²) < 4.78 is 38.5. The van der Waals surface area contributed by atoms with E-state index in [0.29, 0.717) is 23.9 Å². The standard InChI is InChI=1S/C18H30N4O4S2.HI/c1-3-19-18(22-10-12-26-16(14-22)15-6-4-11-25-15)20-8-9-21(2)28(23,24)17-7-5-13-27-17;/h5,7,13,15-16H,3-4,6,8-12,14H2,1-2H3,(H,19,20);1H. The molecule has 1 N–H and O–H groups in total. The molecule has 0 spiro atoms. The molecule has 0 amide bonds. The van der Waals surface area contributed by atoms with Gasteiger partial charge in [-0.15, -0.1) is 35.3 Å². The van der Waals surface area contributed by atoms with Crippen molar-refractivity contribution in [1.82, 2.24) is 14.5 Å². The number of hydrogen-bond donors (Lipinski definition) is 1. The van der Waals surface area contributed by atoms with Crippen molar-refractivity contribution in [2.45, 2.75) is 36.2 Å². The maximum absolute atomic E-state index is 12.5. The molecular weight excluding hydrogens is 527 g/mol. The molecule has 3 heterocycles. The lowest BCUT2D eigenvalue weighted by Gasteiger charge is -2.37. The molecule has 0 aliphatic carbocycles. The average Bonchev–Trinajstić information content (AvgIpc) is 3.41. The number of hydrogen-bond acceptors (Lipinski definition) is 6. The lowest BCUT2D eigenvalue weighted by atomic mass is 10.1. The van der Waals surface area contributed by atoms with E-state index >= 15 is 0 Å². The first kappa shape index (κ1) is 24.8. The smallest absolute Gasteiger partial charge is 0.252 e. The second-order valence-corrected chi connectivity index (χ2v) is 10.1. The van der Waals surface area contributed by atoms with Crippen LogP contribution in [0.25, 0.3) is 0 Å². The maximum atomic E-state index is 12.5. The number of aliphatic imine (C=N–C) groups is 1. The zero-order chi connectivity index (χ0) is 20.0. The fraction of sp³-hybridized carbons (Fsp3) is 0.722. The molecule has 1 aromatic rings. The van der Waals surface area contributed by atoms with Gasteiger partial charge in [0.25, 0.3) is 10.0 Å². The van der Waals surface area contributed by atoms with E-state index < -0.39 is 10.0 Å². The molecule has 0 radical (unpaired) electrons. The Balaban J connectivity index is 0.00000300. The Morgan fingerprint density at radius 2 is 2.17 bits per heavy atom. The molecule has 29 heavy (non-hydrogen) atoms. The van der Waals surface area contributed by atoms with Gasteiger partial charge in [-0.3, -0.25) is 4.99 Å². The summed E-state index contributed by atoms with van der Waals surface area (Å²) in [5, 5.41) is 5.09. The van der Waals surface area contributed by atoms with Gasteiger partial charge in [-0.1, -0.05) is 6.07 Å². The van der Waals surface area contributed by atoms with Gasteiger partial charge in [-0.25, -0.2) is 8.42 Å². The summed E-state index contributed by atoms with van der Waals surface area (Å²) in [7, 11) is -1.84. The van der Waals surface area contributed by atoms with Gasteiger partial charge in [0.2, 0.25) is 0 Å². The second kappa shape index (κ2) is 11.8. The van der Waals surface area contributed by atoms with Crippen LogP contribution in [-0.2, 0) is 19.5 Å². The highest BCUT2D eigenvalue weighted by molar-refractivity contribution is 14.0. The topological polar surface area (TPSA) is 83.5 Å². The van der Waals surface area contributed by atoms with E-state index in [0.717, 1.165) is 45.0 Å². The van der Waals surface area contributed by atoms with Crippen LogP contribution in [0.2, 0.25) is 0 Å². The number of thiophene rings is 1. The monoisotopic (exact) mass is 558 g/mol. The molecule has 2 atom stereocenters. The summed E-state index contributed by atoms with van der Waals surface area (Å²) in [5.41, 5.74) is 0. The van der Waals surface area contributed by atoms with Gasteiger partial charge in [-0.05, 0) is 31.2 Å². The first-order valence-corrected chi connectivity index (χ1v) is 12.1. The summed E-state index contributed by atoms with van der Waals surface area (Å²) in [5.74, 6) is 0.802. The van der Waals surface area contributed by atoms with Crippen LogP contribution in [0.3, 0.4) is 0 Å². The number of nitrogens with one attached hydrogen (secondary N) is 1. The van der Waals surface area contributed by atoms with E-state index in [4.69, 9.17) is 9.47 Å². The van der Waals surface area contributed by atoms with Gasteiger partial charge in [-0.2, -0.15) is 4.31 Å². The summed E-state index contributed by atoms with van der Waals surface area (Å²) in [6.45, 7) is 6.45. The lowest BCUT2D eigenvalue weighted by Crippen LogP contribution is -2.53. The number of morpholine rings is 1. The van der Waals surface area contributed by atoms with Crippen LogP contribution in [0.15, 0.2) is 26.7 Å². The van der Waals surface area contributed by atoms with Crippen LogP contribution in [-0.4, -0.2) is 88.8 Å². The van der Waals surface area contributed by atoms with Gasteiger partial charge in [0, 0.05) is 39.8 Å². The molecule has 2 aliphatic rings. The Hall–Kier alpha value is -0.470. The van der Waals surface area contributed by atoms with E-state index in [1.165, 1.54) is 15.6 Å². The molecule has 0 aromatic carbocycles. The predicted octanol–water partition coefficient (Wildman–Crippen LogP) is 1.83. The van der Waals surface area contributed by atoms with E-state index in [1.807, 2.05) is 6.92 Å². The molecule has 1 aromatic heterocycles. The predicted molar refractivity (Wildman–Crippen MR) is 126 cm³/mol. The Bertz CT molecular complexity index is 739. The van der Waals surface area contributed by atoms with Crippen molar-refractivity contribution >= 4 is 51.3 Å². The van der Waals surface area contributed by atoms with Crippen LogP contribution in [0.1, 0.15) is 19.8 Å². The molecule has 2 aliphatic heterocycles. The van der Waals surface area contributed by atoms with Crippen molar-refractivity contribution in [3.8, 4) is 0 Å². The van der Waals surface area contributed by atoms with Gasteiger partial charge in [0.15, 0.2) is 5.96 Å². The molecule has 0 bridgehead atoms.